The van der Waals surface area contributed by atoms with Gasteiger partial charge in [0.2, 0.25) is 5.91 Å². The van der Waals surface area contributed by atoms with E-state index in [9.17, 15) is 9.59 Å². The summed E-state index contributed by atoms with van der Waals surface area (Å²) >= 11 is 0. The molecule has 1 fully saturated rings. The van der Waals surface area contributed by atoms with Gasteiger partial charge in [-0.25, -0.2) is 4.79 Å². The molecule has 2 aromatic carbocycles. The molecule has 1 aliphatic heterocycles. The van der Waals surface area contributed by atoms with E-state index in [-0.39, 0.29) is 17.9 Å². The highest BCUT2D eigenvalue weighted by molar-refractivity contribution is 5.94. The van der Waals surface area contributed by atoms with Crippen molar-refractivity contribution in [3.63, 3.8) is 0 Å². The number of urea groups is 1. The number of piperidine rings is 1. The van der Waals surface area contributed by atoms with Crippen LogP contribution in [0.3, 0.4) is 0 Å². The van der Waals surface area contributed by atoms with Crippen LogP contribution in [0, 0.1) is 5.92 Å². The van der Waals surface area contributed by atoms with Gasteiger partial charge in [0, 0.05) is 24.7 Å². The molecule has 26 heavy (non-hydrogen) atoms. The zero-order valence-corrected chi connectivity index (χ0v) is 14.8. The number of benzene rings is 2. The van der Waals surface area contributed by atoms with Crippen molar-refractivity contribution in [2.75, 3.05) is 30.8 Å². The maximum Gasteiger partial charge on any atom is 0.321 e. The molecule has 3 amide bonds. The molecule has 1 heterocycles. The molecule has 3 rings (SSSR count). The molecule has 0 atom stereocenters. The summed E-state index contributed by atoms with van der Waals surface area (Å²) in [5.41, 5.74) is 1.44. The van der Waals surface area contributed by atoms with Gasteiger partial charge >= 0.3 is 6.03 Å². The van der Waals surface area contributed by atoms with E-state index >= 15 is 0 Å². The van der Waals surface area contributed by atoms with E-state index in [0.29, 0.717) is 37.4 Å². The summed E-state index contributed by atoms with van der Waals surface area (Å²) < 4.78 is 5.26. The van der Waals surface area contributed by atoms with Gasteiger partial charge in [0.25, 0.3) is 0 Å². The van der Waals surface area contributed by atoms with Crippen LogP contribution in [0.4, 0.5) is 16.2 Å². The SMILES string of the molecule is COc1ccccc1NC(=O)C1CCN(C(=O)Nc2ccccc2)CC1. The van der Waals surface area contributed by atoms with Crippen LogP contribution in [-0.2, 0) is 4.79 Å². The number of rotatable bonds is 4. The summed E-state index contributed by atoms with van der Waals surface area (Å²) in [6.45, 7) is 1.12. The van der Waals surface area contributed by atoms with E-state index < -0.39 is 0 Å². The molecule has 6 nitrogen and oxygen atoms in total. The number of amides is 3. The molecule has 0 aromatic heterocycles. The van der Waals surface area contributed by atoms with E-state index in [1.807, 2.05) is 54.6 Å². The maximum atomic E-state index is 12.5. The fraction of sp³-hybridized carbons (Fsp3) is 0.300. The monoisotopic (exact) mass is 353 g/mol. The van der Waals surface area contributed by atoms with Gasteiger partial charge < -0.3 is 20.3 Å². The molecule has 0 radical (unpaired) electrons. The molecule has 0 aliphatic carbocycles. The number of nitrogens with zero attached hydrogens (tertiary/aromatic N) is 1. The predicted octanol–water partition coefficient (Wildman–Crippen LogP) is 3.58. The second kappa shape index (κ2) is 8.38. The summed E-state index contributed by atoms with van der Waals surface area (Å²) in [6.07, 6.45) is 1.28. The number of hydrogen-bond acceptors (Lipinski definition) is 3. The Bertz CT molecular complexity index is 756. The number of para-hydroxylation sites is 3. The highest BCUT2D eigenvalue weighted by Gasteiger charge is 2.27. The van der Waals surface area contributed by atoms with E-state index in [1.54, 1.807) is 12.0 Å². The first-order valence-electron chi connectivity index (χ1n) is 8.72. The third kappa shape index (κ3) is 4.33. The molecule has 136 valence electrons. The van der Waals surface area contributed by atoms with Crippen LogP contribution in [0.5, 0.6) is 5.75 Å². The fourth-order valence-corrected chi connectivity index (χ4v) is 3.05. The molecule has 0 bridgehead atoms. The number of nitrogens with one attached hydrogen (secondary N) is 2. The fourth-order valence-electron chi connectivity index (χ4n) is 3.05. The normalized spacial score (nSPS) is 14.6. The lowest BCUT2D eigenvalue weighted by Crippen LogP contribution is -2.43. The average Bonchev–Trinajstić information content (AvgIpc) is 2.69. The Kier molecular flexibility index (Phi) is 5.73. The highest BCUT2D eigenvalue weighted by atomic mass is 16.5. The Morgan fingerprint density at radius 1 is 0.962 bits per heavy atom. The number of carbonyl (C=O) groups excluding carboxylic acids is 2. The van der Waals surface area contributed by atoms with Crippen molar-refractivity contribution in [3.05, 3.63) is 54.6 Å². The van der Waals surface area contributed by atoms with Crippen LogP contribution in [0.1, 0.15) is 12.8 Å². The molecule has 0 saturated carbocycles. The van der Waals surface area contributed by atoms with Crippen molar-refractivity contribution in [1.82, 2.24) is 4.90 Å². The number of methoxy groups -OCH3 is 1. The van der Waals surface area contributed by atoms with Crippen LogP contribution < -0.4 is 15.4 Å². The topological polar surface area (TPSA) is 70.7 Å². The van der Waals surface area contributed by atoms with Crippen molar-refractivity contribution >= 4 is 23.3 Å². The number of carbonyl (C=O) groups is 2. The Morgan fingerprint density at radius 3 is 2.31 bits per heavy atom. The minimum Gasteiger partial charge on any atom is -0.495 e. The van der Waals surface area contributed by atoms with Gasteiger partial charge in [-0.2, -0.15) is 0 Å². The van der Waals surface area contributed by atoms with Gasteiger partial charge in [0.05, 0.1) is 12.8 Å². The zero-order valence-electron chi connectivity index (χ0n) is 14.8. The second-order valence-electron chi connectivity index (χ2n) is 6.25. The van der Waals surface area contributed by atoms with E-state index in [0.717, 1.165) is 5.69 Å². The van der Waals surface area contributed by atoms with E-state index in [4.69, 9.17) is 4.74 Å². The Morgan fingerprint density at radius 2 is 1.62 bits per heavy atom. The summed E-state index contributed by atoms with van der Waals surface area (Å²) in [5, 5.41) is 5.81. The molecule has 6 heteroatoms. The van der Waals surface area contributed by atoms with Crippen molar-refractivity contribution in [3.8, 4) is 5.75 Å². The van der Waals surface area contributed by atoms with Gasteiger partial charge in [-0.3, -0.25) is 4.79 Å². The molecule has 2 N–H and O–H groups in total. The largest absolute Gasteiger partial charge is 0.495 e. The quantitative estimate of drug-likeness (QED) is 0.883. The van der Waals surface area contributed by atoms with Gasteiger partial charge in [-0.1, -0.05) is 30.3 Å². The molecule has 0 unspecified atom stereocenters. The molecule has 0 spiro atoms. The minimum absolute atomic E-state index is 0.0300. The number of anilines is 2. The van der Waals surface area contributed by atoms with Gasteiger partial charge in [-0.05, 0) is 37.1 Å². The molecule has 1 aliphatic rings. The third-order valence-electron chi connectivity index (χ3n) is 4.54. The molecule has 2 aromatic rings. The summed E-state index contributed by atoms with van der Waals surface area (Å²) in [5.74, 6) is 0.499. The third-order valence-corrected chi connectivity index (χ3v) is 4.54. The van der Waals surface area contributed by atoms with Gasteiger partial charge in [0.1, 0.15) is 5.75 Å². The van der Waals surface area contributed by atoms with Crippen molar-refractivity contribution in [1.29, 1.82) is 0 Å². The Balaban J connectivity index is 1.51. The van der Waals surface area contributed by atoms with E-state index in [2.05, 4.69) is 10.6 Å². The first-order chi connectivity index (χ1) is 12.7. The van der Waals surface area contributed by atoms with Crippen LogP contribution in [0.2, 0.25) is 0 Å². The van der Waals surface area contributed by atoms with Crippen LogP contribution in [0.25, 0.3) is 0 Å². The average molecular weight is 353 g/mol. The number of ether oxygens (including phenoxy) is 1. The predicted molar refractivity (Wildman–Crippen MR) is 101 cm³/mol. The zero-order chi connectivity index (χ0) is 18.4. The van der Waals surface area contributed by atoms with Crippen molar-refractivity contribution in [2.24, 2.45) is 5.92 Å². The Hall–Kier alpha value is -3.02. The van der Waals surface area contributed by atoms with Crippen molar-refractivity contribution < 1.29 is 14.3 Å². The second-order valence-corrected chi connectivity index (χ2v) is 6.25. The van der Waals surface area contributed by atoms with Crippen molar-refractivity contribution in [2.45, 2.75) is 12.8 Å². The summed E-state index contributed by atoms with van der Waals surface area (Å²) in [7, 11) is 1.58. The first-order valence-corrected chi connectivity index (χ1v) is 8.72. The maximum absolute atomic E-state index is 12.5. The lowest BCUT2D eigenvalue weighted by Gasteiger charge is -2.31. The van der Waals surface area contributed by atoms with Gasteiger partial charge in [-0.15, -0.1) is 0 Å². The van der Waals surface area contributed by atoms with Crippen LogP contribution in [-0.4, -0.2) is 37.0 Å². The summed E-state index contributed by atoms with van der Waals surface area (Å²) in [4.78, 5) is 26.6. The lowest BCUT2D eigenvalue weighted by atomic mass is 9.96. The van der Waals surface area contributed by atoms with Crippen LogP contribution >= 0.6 is 0 Å². The van der Waals surface area contributed by atoms with Gasteiger partial charge in [0.15, 0.2) is 0 Å². The molecular formula is C20H23N3O3. The summed E-state index contributed by atoms with van der Waals surface area (Å²) in [6, 6.07) is 16.6. The lowest BCUT2D eigenvalue weighted by molar-refractivity contribution is -0.121. The standard InChI is InChI=1S/C20H23N3O3/c1-26-18-10-6-5-9-17(18)22-19(24)15-11-13-23(14-12-15)20(25)21-16-7-3-2-4-8-16/h2-10,15H,11-14H2,1H3,(H,21,25)(H,22,24). The molecule has 1 saturated heterocycles. The smallest absolute Gasteiger partial charge is 0.321 e. The highest BCUT2D eigenvalue weighted by Crippen LogP contribution is 2.26. The van der Waals surface area contributed by atoms with E-state index in [1.165, 1.54) is 0 Å². The van der Waals surface area contributed by atoms with Crippen LogP contribution in [0.15, 0.2) is 54.6 Å². The number of likely N-dealkylation sites (tertiary alicyclic amines) is 1. The first kappa shape index (κ1) is 17.8. The molecular weight excluding hydrogens is 330 g/mol. The minimum atomic E-state index is -0.125. The Labute approximate surface area is 153 Å². The number of hydrogen-bond donors (Lipinski definition) is 2.